The zero-order chi connectivity index (χ0) is 13.9. The van der Waals surface area contributed by atoms with Gasteiger partial charge in [-0.3, -0.25) is 0 Å². The highest BCUT2D eigenvalue weighted by molar-refractivity contribution is 9.10. The Morgan fingerprint density at radius 1 is 1.37 bits per heavy atom. The van der Waals surface area contributed by atoms with Crippen molar-refractivity contribution in [2.24, 2.45) is 5.73 Å². The van der Waals surface area contributed by atoms with Gasteiger partial charge in [-0.15, -0.1) is 0 Å². The van der Waals surface area contributed by atoms with Crippen LogP contribution in [-0.4, -0.2) is 5.60 Å². The predicted molar refractivity (Wildman–Crippen MR) is 83.5 cm³/mol. The Hall–Kier alpha value is -0.540. The quantitative estimate of drug-likeness (QED) is 0.776. The number of halogens is 1. The van der Waals surface area contributed by atoms with Crippen LogP contribution in [0.3, 0.4) is 0 Å². The van der Waals surface area contributed by atoms with Crippen molar-refractivity contribution in [2.75, 3.05) is 0 Å². The highest BCUT2D eigenvalue weighted by Crippen LogP contribution is 2.41. The molecular weight excluding hydrogens is 302 g/mol. The lowest BCUT2D eigenvalue weighted by molar-refractivity contribution is 0.0430. The first-order chi connectivity index (χ1) is 9.04. The lowest BCUT2D eigenvalue weighted by Gasteiger charge is -2.39. The van der Waals surface area contributed by atoms with E-state index < -0.39 is 0 Å². The summed E-state index contributed by atoms with van der Waals surface area (Å²) in [7, 11) is 0. The van der Waals surface area contributed by atoms with Gasteiger partial charge in [-0.05, 0) is 38.0 Å². The Balaban J connectivity index is 2.04. The third-order valence-electron chi connectivity index (χ3n) is 3.94. The summed E-state index contributed by atoms with van der Waals surface area (Å²) >= 11 is 3.49. The van der Waals surface area contributed by atoms with E-state index in [4.69, 9.17) is 10.5 Å². The number of ether oxygens (including phenoxy) is 1. The molecule has 0 aliphatic carbocycles. The Morgan fingerprint density at radius 3 is 2.89 bits per heavy atom. The van der Waals surface area contributed by atoms with Crippen molar-refractivity contribution in [3.63, 3.8) is 0 Å². The van der Waals surface area contributed by atoms with Crippen LogP contribution >= 0.6 is 15.9 Å². The molecule has 1 heterocycles. The van der Waals surface area contributed by atoms with Gasteiger partial charge < -0.3 is 10.5 Å². The molecule has 0 spiro atoms. The maximum absolute atomic E-state index is 6.32. The first-order valence-corrected chi connectivity index (χ1v) is 8.07. The lowest BCUT2D eigenvalue weighted by atomic mass is 9.85. The van der Waals surface area contributed by atoms with Gasteiger partial charge in [0, 0.05) is 22.5 Å². The summed E-state index contributed by atoms with van der Waals surface area (Å²) < 4.78 is 7.29. The van der Waals surface area contributed by atoms with Crippen molar-refractivity contribution in [3.8, 4) is 5.75 Å². The zero-order valence-corrected chi connectivity index (χ0v) is 13.5. The molecule has 1 unspecified atom stereocenters. The molecule has 1 aromatic rings. The van der Waals surface area contributed by atoms with Gasteiger partial charge in [0.1, 0.15) is 11.4 Å². The van der Waals surface area contributed by atoms with E-state index in [0.717, 1.165) is 28.6 Å². The fourth-order valence-corrected chi connectivity index (χ4v) is 3.24. The molecule has 2 nitrogen and oxygen atoms in total. The van der Waals surface area contributed by atoms with E-state index in [2.05, 4.69) is 35.8 Å². The van der Waals surface area contributed by atoms with Crippen LogP contribution in [0.4, 0.5) is 0 Å². The second-order valence-electron chi connectivity index (χ2n) is 5.86. The molecule has 2 atom stereocenters. The van der Waals surface area contributed by atoms with Gasteiger partial charge in [-0.1, -0.05) is 42.1 Å². The molecule has 0 fully saturated rings. The van der Waals surface area contributed by atoms with E-state index in [9.17, 15) is 0 Å². The summed E-state index contributed by atoms with van der Waals surface area (Å²) in [5.74, 6) is 0.958. The first kappa shape index (κ1) is 14.9. The third-order valence-corrected chi connectivity index (χ3v) is 4.43. The molecule has 0 aromatic heterocycles. The van der Waals surface area contributed by atoms with Gasteiger partial charge in [-0.25, -0.2) is 0 Å². The molecule has 0 bridgehead atoms. The molecule has 0 amide bonds. The Kier molecular flexibility index (Phi) is 4.91. The molecule has 1 aliphatic heterocycles. The Bertz CT molecular complexity index is 435. The number of hydrogen-bond acceptors (Lipinski definition) is 2. The van der Waals surface area contributed by atoms with Gasteiger partial charge in [0.05, 0.1) is 0 Å². The van der Waals surface area contributed by atoms with Gasteiger partial charge in [-0.2, -0.15) is 0 Å². The van der Waals surface area contributed by atoms with Crippen molar-refractivity contribution >= 4 is 15.9 Å². The van der Waals surface area contributed by atoms with E-state index in [1.165, 1.54) is 25.7 Å². The molecular formula is C16H24BrNO. The maximum Gasteiger partial charge on any atom is 0.124 e. The van der Waals surface area contributed by atoms with Crippen molar-refractivity contribution in [1.29, 1.82) is 0 Å². The molecule has 2 rings (SSSR count). The van der Waals surface area contributed by atoms with Crippen molar-refractivity contribution < 1.29 is 4.74 Å². The first-order valence-electron chi connectivity index (χ1n) is 7.28. The van der Waals surface area contributed by atoms with Crippen LogP contribution in [0.25, 0.3) is 0 Å². The molecule has 0 saturated heterocycles. The number of hydrogen-bond donors (Lipinski definition) is 1. The summed E-state index contributed by atoms with van der Waals surface area (Å²) in [5.41, 5.74) is 7.34. The average Bonchev–Trinajstić information content (AvgIpc) is 2.36. The molecule has 3 heteroatoms. The fourth-order valence-electron chi connectivity index (χ4n) is 2.86. The van der Waals surface area contributed by atoms with Crippen LogP contribution < -0.4 is 10.5 Å². The smallest absolute Gasteiger partial charge is 0.124 e. The number of nitrogens with two attached hydrogens (primary N) is 1. The lowest BCUT2D eigenvalue weighted by Crippen LogP contribution is -2.40. The highest BCUT2D eigenvalue weighted by atomic mass is 79.9. The minimum absolute atomic E-state index is 0.0809. The van der Waals surface area contributed by atoms with E-state index in [1.54, 1.807) is 0 Å². The normalized spacial score (nSPS) is 25.8. The van der Waals surface area contributed by atoms with Gasteiger partial charge in [0.25, 0.3) is 0 Å². The number of unbranched alkanes of at least 4 members (excludes halogenated alkanes) is 3. The van der Waals surface area contributed by atoms with E-state index >= 15 is 0 Å². The predicted octanol–water partition coefficient (Wildman–Crippen LogP) is 4.96. The highest BCUT2D eigenvalue weighted by Gasteiger charge is 2.35. The number of rotatable bonds is 5. The van der Waals surface area contributed by atoms with Gasteiger partial charge in [0.15, 0.2) is 0 Å². The summed E-state index contributed by atoms with van der Waals surface area (Å²) in [6, 6.07) is 6.21. The van der Waals surface area contributed by atoms with Crippen LogP contribution in [0.2, 0.25) is 0 Å². The monoisotopic (exact) mass is 325 g/mol. The largest absolute Gasteiger partial charge is 0.487 e. The topological polar surface area (TPSA) is 35.2 Å². The van der Waals surface area contributed by atoms with Crippen molar-refractivity contribution in [2.45, 2.75) is 64.0 Å². The van der Waals surface area contributed by atoms with Crippen LogP contribution in [-0.2, 0) is 0 Å². The summed E-state index contributed by atoms with van der Waals surface area (Å²) in [6.45, 7) is 4.44. The molecule has 0 radical (unpaired) electrons. The summed E-state index contributed by atoms with van der Waals surface area (Å²) in [5, 5.41) is 0. The molecule has 1 aliphatic rings. The van der Waals surface area contributed by atoms with Crippen LogP contribution in [0, 0.1) is 0 Å². The third kappa shape index (κ3) is 3.73. The van der Waals surface area contributed by atoms with Gasteiger partial charge >= 0.3 is 0 Å². The van der Waals surface area contributed by atoms with E-state index in [1.807, 2.05) is 12.1 Å². The minimum atomic E-state index is -0.103. The second kappa shape index (κ2) is 6.27. The molecule has 1 aromatic carbocycles. The molecule has 0 saturated carbocycles. The van der Waals surface area contributed by atoms with Crippen molar-refractivity contribution in [1.82, 2.24) is 0 Å². The number of fused-ring (bicyclic) bond motifs is 1. The Morgan fingerprint density at radius 2 is 2.16 bits per heavy atom. The standard InChI is InChI=1S/C16H24BrNO/c1-3-4-5-6-9-16(2)11-14(18)13-10-12(17)7-8-15(13)19-16/h7-8,10,14H,3-6,9,11,18H2,1-2H3/t14-,16?/m0/s1. The maximum atomic E-state index is 6.32. The Labute approximate surface area is 124 Å². The zero-order valence-electron chi connectivity index (χ0n) is 11.9. The van der Waals surface area contributed by atoms with Crippen LogP contribution in [0.15, 0.2) is 22.7 Å². The summed E-state index contributed by atoms with van der Waals surface area (Å²) in [6.07, 6.45) is 7.10. The SMILES string of the molecule is CCCCCCC1(C)C[C@H](N)c2cc(Br)ccc2O1. The minimum Gasteiger partial charge on any atom is -0.487 e. The van der Waals surface area contributed by atoms with Crippen molar-refractivity contribution in [3.05, 3.63) is 28.2 Å². The van der Waals surface area contributed by atoms with Crippen LogP contribution in [0.1, 0.15) is 64.0 Å². The van der Waals surface area contributed by atoms with E-state index in [0.29, 0.717) is 0 Å². The fraction of sp³-hybridized carbons (Fsp3) is 0.625. The number of benzene rings is 1. The van der Waals surface area contributed by atoms with E-state index in [-0.39, 0.29) is 11.6 Å². The second-order valence-corrected chi connectivity index (χ2v) is 6.77. The van der Waals surface area contributed by atoms with Gasteiger partial charge in [0.2, 0.25) is 0 Å². The average molecular weight is 326 g/mol. The molecule has 106 valence electrons. The molecule has 2 N–H and O–H groups in total. The molecule has 19 heavy (non-hydrogen) atoms. The summed E-state index contributed by atoms with van der Waals surface area (Å²) in [4.78, 5) is 0. The van der Waals surface area contributed by atoms with Crippen LogP contribution in [0.5, 0.6) is 5.75 Å².